The Labute approximate surface area is 321 Å². The van der Waals surface area contributed by atoms with Crippen molar-refractivity contribution in [2.45, 2.75) is 26.2 Å². The number of thiophene rings is 1. The minimum atomic E-state index is 0.585. The zero-order valence-electron chi connectivity index (χ0n) is 30.2. The molecule has 0 fully saturated rings. The van der Waals surface area contributed by atoms with Gasteiger partial charge in [-0.05, 0) is 66.4 Å². The van der Waals surface area contributed by atoms with Crippen LogP contribution >= 0.6 is 11.3 Å². The van der Waals surface area contributed by atoms with Gasteiger partial charge < -0.3 is 4.42 Å². The number of furan rings is 1. The van der Waals surface area contributed by atoms with E-state index >= 15 is 0 Å². The molecule has 0 saturated carbocycles. The van der Waals surface area contributed by atoms with Gasteiger partial charge in [-0.15, -0.1) is 11.3 Å². The summed E-state index contributed by atoms with van der Waals surface area (Å²) in [6.07, 6.45) is 3.47. The molecular formula is C49H34N4OS. The first kappa shape index (κ1) is 31.9. The van der Waals surface area contributed by atoms with E-state index in [4.69, 9.17) is 19.4 Å². The fourth-order valence-corrected chi connectivity index (χ4v) is 9.38. The van der Waals surface area contributed by atoms with Crippen LogP contribution in [0.25, 0.3) is 104 Å². The van der Waals surface area contributed by atoms with Crippen LogP contribution in [0, 0.1) is 0 Å². The fraction of sp³-hybridized carbons (Fsp3) is 0.0816. The summed E-state index contributed by atoms with van der Waals surface area (Å²) in [5, 5.41) is 7.03. The molecule has 0 radical (unpaired) electrons. The lowest BCUT2D eigenvalue weighted by Crippen LogP contribution is -2.06. The summed E-state index contributed by atoms with van der Waals surface area (Å²) in [5.41, 5.74) is 9.35. The van der Waals surface area contributed by atoms with Gasteiger partial charge in [-0.2, -0.15) is 9.97 Å². The molecule has 4 heterocycles. The van der Waals surface area contributed by atoms with E-state index in [1.807, 2.05) is 41.7 Å². The zero-order chi connectivity index (χ0) is 36.5. The van der Waals surface area contributed by atoms with Crippen molar-refractivity contribution in [1.29, 1.82) is 0 Å². The van der Waals surface area contributed by atoms with Gasteiger partial charge in [-0.3, -0.25) is 4.57 Å². The molecule has 6 heteroatoms. The number of fused-ring (bicyclic) bond motifs is 9. The second kappa shape index (κ2) is 12.8. The van der Waals surface area contributed by atoms with Gasteiger partial charge in [-0.25, -0.2) is 4.98 Å². The first-order valence-corrected chi connectivity index (χ1v) is 19.7. The van der Waals surface area contributed by atoms with Gasteiger partial charge in [0.05, 0.1) is 11.0 Å². The monoisotopic (exact) mass is 726 g/mol. The second-order valence-electron chi connectivity index (χ2n) is 14.2. The molecule has 262 valence electrons. The summed E-state index contributed by atoms with van der Waals surface area (Å²) >= 11 is 1.81. The normalized spacial score (nSPS) is 11.9. The highest BCUT2D eigenvalue weighted by Gasteiger charge is 2.21. The van der Waals surface area contributed by atoms with Crippen molar-refractivity contribution in [3.05, 3.63) is 157 Å². The van der Waals surface area contributed by atoms with Crippen LogP contribution in [0.4, 0.5) is 0 Å². The Morgan fingerprint density at radius 1 is 0.545 bits per heavy atom. The quantitative estimate of drug-likeness (QED) is 0.164. The number of aromatic nitrogens is 4. The lowest BCUT2D eigenvalue weighted by molar-refractivity contribution is 0.670. The average molecular weight is 727 g/mol. The summed E-state index contributed by atoms with van der Waals surface area (Å²) in [7, 11) is 0. The van der Waals surface area contributed by atoms with Crippen LogP contribution in [0.3, 0.4) is 0 Å². The van der Waals surface area contributed by atoms with Crippen LogP contribution in [0.15, 0.2) is 156 Å². The molecule has 0 N–H and O–H groups in total. The van der Waals surface area contributed by atoms with Crippen LogP contribution in [-0.2, 0) is 6.42 Å². The Hall–Kier alpha value is -6.63. The van der Waals surface area contributed by atoms with E-state index in [1.54, 1.807) is 0 Å². The van der Waals surface area contributed by atoms with E-state index in [0.717, 1.165) is 72.4 Å². The van der Waals surface area contributed by atoms with Crippen LogP contribution in [-0.4, -0.2) is 19.5 Å². The third-order valence-electron chi connectivity index (χ3n) is 10.9. The van der Waals surface area contributed by atoms with Gasteiger partial charge in [0, 0.05) is 58.4 Å². The van der Waals surface area contributed by atoms with E-state index in [0.29, 0.717) is 17.6 Å². The van der Waals surface area contributed by atoms with Crippen LogP contribution in [0.5, 0.6) is 0 Å². The molecule has 11 rings (SSSR count). The molecule has 55 heavy (non-hydrogen) atoms. The molecule has 5 nitrogen and oxygen atoms in total. The van der Waals surface area contributed by atoms with Crippen molar-refractivity contribution in [3.8, 4) is 39.9 Å². The van der Waals surface area contributed by atoms with Crippen molar-refractivity contribution < 1.29 is 4.42 Å². The Kier molecular flexibility index (Phi) is 7.39. The van der Waals surface area contributed by atoms with E-state index in [-0.39, 0.29) is 0 Å². The van der Waals surface area contributed by atoms with Crippen molar-refractivity contribution >= 4 is 75.3 Å². The molecule has 0 aliphatic rings. The predicted octanol–water partition coefficient (Wildman–Crippen LogP) is 13.6. The Bertz CT molecular complexity index is 3260. The highest BCUT2D eigenvalue weighted by Crippen LogP contribution is 2.42. The number of rotatable bonds is 7. The molecule has 0 bridgehead atoms. The van der Waals surface area contributed by atoms with E-state index in [2.05, 4.69) is 133 Å². The Balaban J connectivity index is 1.13. The van der Waals surface area contributed by atoms with Crippen molar-refractivity contribution in [3.63, 3.8) is 0 Å². The topological polar surface area (TPSA) is 56.7 Å². The lowest BCUT2D eigenvalue weighted by atomic mass is 10.0. The van der Waals surface area contributed by atoms with Gasteiger partial charge in [-0.1, -0.05) is 123 Å². The second-order valence-corrected chi connectivity index (χ2v) is 15.3. The van der Waals surface area contributed by atoms with Crippen LogP contribution in [0.1, 0.15) is 25.3 Å². The number of para-hydroxylation sites is 3. The molecule has 0 amide bonds. The lowest BCUT2D eigenvalue weighted by Gasteiger charge is -2.11. The molecule has 11 aromatic rings. The average Bonchev–Trinajstić information content (AvgIpc) is 3.92. The Morgan fingerprint density at radius 3 is 2.18 bits per heavy atom. The minimum absolute atomic E-state index is 0.585. The van der Waals surface area contributed by atoms with Gasteiger partial charge >= 0.3 is 0 Å². The maximum Gasteiger partial charge on any atom is 0.238 e. The number of hydrogen-bond donors (Lipinski definition) is 0. The molecule has 0 saturated heterocycles. The molecule has 0 aliphatic carbocycles. The summed E-state index contributed by atoms with van der Waals surface area (Å²) < 4.78 is 11.1. The first-order chi connectivity index (χ1) is 27.2. The highest BCUT2D eigenvalue weighted by atomic mass is 32.1. The Morgan fingerprint density at radius 2 is 1.29 bits per heavy atom. The molecule has 0 unspecified atom stereocenters. The minimum Gasteiger partial charge on any atom is -0.455 e. The van der Waals surface area contributed by atoms with Crippen molar-refractivity contribution in [1.82, 2.24) is 19.5 Å². The summed E-state index contributed by atoms with van der Waals surface area (Å²) in [4.78, 5) is 15.7. The highest BCUT2D eigenvalue weighted by molar-refractivity contribution is 7.26. The molecule has 0 aliphatic heterocycles. The predicted molar refractivity (Wildman–Crippen MR) is 229 cm³/mol. The fourth-order valence-electron chi connectivity index (χ4n) is 8.19. The SMILES string of the molecule is CCCCc1ccc2sc3c(-c4nc(-c5ccccc5)nc(-n5c6ccccc6c6cc(-c7cccc8c7oc7ccccc78)ccc65)n4)cccc3c2c1. The number of unbranched alkanes of at least 4 members (excludes halogenated alkanes) is 1. The smallest absolute Gasteiger partial charge is 0.238 e. The van der Waals surface area contributed by atoms with Gasteiger partial charge in [0.25, 0.3) is 0 Å². The van der Waals surface area contributed by atoms with Crippen molar-refractivity contribution in [2.75, 3.05) is 0 Å². The van der Waals surface area contributed by atoms with Crippen LogP contribution in [0.2, 0.25) is 0 Å². The van der Waals surface area contributed by atoms with Crippen molar-refractivity contribution in [2.24, 2.45) is 0 Å². The number of hydrogen-bond acceptors (Lipinski definition) is 5. The molecule has 0 atom stereocenters. The third kappa shape index (κ3) is 5.17. The maximum absolute atomic E-state index is 6.46. The number of benzene rings is 7. The molecule has 4 aromatic heterocycles. The third-order valence-corrected chi connectivity index (χ3v) is 12.1. The molecule has 7 aromatic carbocycles. The summed E-state index contributed by atoms with van der Waals surface area (Å²) in [5.74, 6) is 1.88. The van der Waals surface area contributed by atoms with E-state index < -0.39 is 0 Å². The molecule has 0 spiro atoms. The summed E-state index contributed by atoms with van der Waals surface area (Å²) in [6, 6.07) is 53.5. The largest absolute Gasteiger partial charge is 0.455 e. The van der Waals surface area contributed by atoms with E-state index in [9.17, 15) is 0 Å². The molecular weight excluding hydrogens is 693 g/mol. The zero-order valence-corrected chi connectivity index (χ0v) is 31.0. The first-order valence-electron chi connectivity index (χ1n) is 18.9. The van der Waals surface area contributed by atoms with Crippen LogP contribution < -0.4 is 0 Å². The van der Waals surface area contributed by atoms with Gasteiger partial charge in [0.1, 0.15) is 11.2 Å². The van der Waals surface area contributed by atoms with E-state index in [1.165, 1.54) is 38.6 Å². The standard InChI is InChI=1S/C49H34N4OS/c1-2-3-13-30-24-27-44-40(28-30)37-20-12-21-38(46(37)55-44)48-50-47(31-14-5-4-6-15-31)51-49(52-48)53-41-22-9-7-16-34(41)39-29-32(25-26-42(39)53)33-18-11-19-36-35-17-8-10-23-43(35)54-45(33)36/h4-12,14-29H,2-3,13H2,1H3. The number of nitrogens with zero attached hydrogens (tertiary/aromatic N) is 4. The number of aryl methyl sites for hydroxylation is 1. The van der Waals surface area contributed by atoms with Gasteiger partial charge in [0.2, 0.25) is 5.95 Å². The maximum atomic E-state index is 6.46. The summed E-state index contributed by atoms with van der Waals surface area (Å²) in [6.45, 7) is 2.25. The van der Waals surface area contributed by atoms with Gasteiger partial charge in [0.15, 0.2) is 11.6 Å².